The maximum Gasteiger partial charge on any atom is 0.274 e. The first-order valence-electron chi connectivity index (χ1n) is 10.8. The monoisotopic (exact) mass is 426 g/mol. The van der Waals surface area contributed by atoms with Crippen molar-refractivity contribution >= 4 is 11.6 Å². The number of nitrogens with one attached hydrogen (secondary N) is 1. The van der Waals surface area contributed by atoms with Crippen LogP contribution < -0.4 is 5.32 Å². The summed E-state index contributed by atoms with van der Waals surface area (Å²) in [4.78, 5) is 21.2. The molecule has 162 valence electrons. The zero-order valence-corrected chi connectivity index (χ0v) is 18.3. The molecule has 0 aliphatic carbocycles. The van der Waals surface area contributed by atoms with E-state index in [4.69, 9.17) is 0 Å². The summed E-state index contributed by atoms with van der Waals surface area (Å²) in [5.41, 5.74) is 3.74. The smallest absolute Gasteiger partial charge is 0.274 e. The van der Waals surface area contributed by atoms with E-state index >= 15 is 0 Å². The van der Waals surface area contributed by atoms with Crippen LogP contribution in [0.15, 0.2) is 73.4 Å². The Morgan fingerprint density at radius 1 is 1.06 bits per heavy atom. The number of nitrogens with zero attached hydrogens (tertiary/aromatic N) is 5. The Hall–Kier alpha value is -3.87. The molecule has 1 atom stereocenters. The lowest BCUT2D eigenvalue weighted by molar-refractivity contribution is 0.102. The summed E-state index contributed by atoms with van der Waals surface area (Å²) in [5, 5.41) is 11.4. The van der Waals surface area contributed by atoms with E-state index in [1.165, 1.54) is 0 Å². The molecule has 32 heavy (non-hydrogen) atoms. The number of aromatic nitrogens is 5. The molecule has 0 saturated carbocycles. The van der Waals surface area contributed by atoms with Gasteiger partial charge in [-0.05, 0) is 49.2 Å². The maximum atomic E-state index is 12.9. The van der Waals surface area contributed by atoms with Gasteiger partial charge in [0.1, 0.15) is 12.0 Å². The van der Waals surface area contributed by atoms with Crippen LogP contribution in [0.4, 0.5) is 5.69 Å². The molecule has 1 N–H and O–H groups in total. The molecule has 1 unspecified atom stereocenters. The second kappa shape index (κ2) is 9.96. The van der Waals surface area contributed by atoms with Crippen LogP contribution in [0, 0.1) is 0 Å². The van der Waals surface area contributed by atoms with Crippen LogP contribution >= 0.6 is 0 Å². The van der Waals surface area contributed by atoms with Gasteiger partial charge in [0.2, 0.25) is 0 Å². The highest BCUT2D eigenvalue weighted by Crippen LogP contribution is 2.26. The molecule has 0 aliphatic rings. The Bertz CT molecular complexity index is 1190. The second-order valence-corrected chi connectivity index (χ2v) is 7.76. The predicted molar refractivity (Wildman–Crippen MR) is 125 cm³/mol. The first-order chi connectivity index (χ1) is 15.7. The number of hydrogen-bond donors (Lipinski definition) is 1. The second-order valence-electron chi connectivity index (χ2n) is 7.76. The van der Waals surface area contributed by atoms with E-state index in [2.05, 4.69) is 43.9 Å². The van der Waals surface area contributed by atoms with Crippen molar-refractivity contribution in [1.82, 2.24) is 24.7 Å². The van der Waals surface area contributed by atoms with Gasteiger partial charge < -0.3 is 9.88 Å². The fourth-order valence-corrected chi connectivity index (χ4v) is 3.61. The topological polar surface area (TPSA) is 85.6 Å². The van der Waals surface area contributed by atoms with Gasteiger partial charge in [0.05, 0.1) is 0 Å². The standard InChI is InChI=1S/C25H26N6O/c1-3-4-7-18(2)31-17-28-30-24(31)20-8-5-10-22(14-20)29-25(32)23-15-19(11-13-27-23)21-9-6-12-26-16-21/h5-6,8-18H,3-4,7H2,1-2H3,(H,29,32). The normalized spacial score (nSPS) is 11.8. The van der Waals surface area contributed by atoms with Gasteiger partial charge in [-0.15, -0.1) is 10.2 Å². The third-order valence-corrected chi connectivity index (χ3v) is 5.39. The van der Waals surface area contributed by atoms with Crippen LogP contribution in [-0.2, 0) is 0 Å². The number of rotatable bonds is 8. The van der Waals surface area contributed by atoms with Crippen molar-refractivity contribution in [2.24, 2.45) is 0 Å². The molecule has 0 fully saturated rings. The number of anilines is 1. The van der Waals surface area contributed by atoms with Gasteiger partial charge in [0.25, 0.3) is 5.91 Å². The van der Waals surface area contributed by atoms with E-state index in [1.54, 1.807) is 31.0 Å². The Morgan fingerprint density at radius 2 is 1.94 bits per heavy atom. The van der Waals surface area contributed by atoms with Gasteiger partial charge in [-0.25, -0.2) is 0 Å². The minimum absolute atomic E-state index is 0.273. The lowest BCUT2D eigenvalue weighted by Gasteiger charge is -2.15. The predicted octanol–water partition coefficient (Wildman–Crippen LogP) is 5.41. The van der Waals surface area contributed by atoms with Crippen LogP contribution in [-0.4, -0.2) is 30.6 Å². The average Bonchev–Trinajstić information content (AvgIpc) is 3.33. The minimum Gasteiger partial charge on any atom is -0.321 e. The first kappa shape index (κ1) is 21.4. The molecule has 1 aromatic carbocycles. The van der Waals surface area contributed by atoms with Crippen molar-refractivity contribution in [3.05, 3.63) is 79.1 Å². The molecule has 3 heterocycles. The Balaban J connectivity index is 1.53. The molecule has 0 spiro atoms. The molecule has 0 bridgehead atoms. The Kier molecular flexibility index (Phi) is 6.65. The van der Waals surface area contributed by atoms with Gasteiger partial charge in [-0.2, -0.15) is 0 Å². The average molecular weight is 427 g/mol. The number of hydrogen-bond acceptors (Lipinski definition) is 5. The SMILES string of the molecule is CCCCC(C)n1cnnc1-c1cccc(NC(=O)c2cc(-c3cccnc3)ccn2)c1. The summed E-state index contributed by atoms with van der Waals surface area (Å²) >= 11 is 0. The third kappa shape index (κ3) is 4.88. The number of unbranched alkanes of at least 4 members (excludes halogenated alkanes) is 1. The highest BCUT2D eigenvalue weighted by atomic mass is 16.1. The molecule has 1 amide bonds. The van der Waals surface area contributed by atoms with Crippen LogP contribution in [0.5, 0.6) is 0 Å². The number of carbonyl (C=O) groups is 1. The summed E-state index contributed by atoms with van der Waals surface area (Å²) < 4.78 is 2.09. The van der Waals surface area contributed by atoms with Crippen LogP contribution in [0.1, 0.15) is 49.6 Å². The Labute approximate surface area is 187 Å². The van der Waals surface area contributed by atoms with Gasteiger partial charge in [-0.3, -0.25) is 14.8 Å². The van der Waals surface area contributed by atoms with E-state index in [0.717, 1.165) is 41.8 Å². The zero-order valence-electron chi connectivity index (χ0n) is 18.3. The van der Waals surface area contributed by atoms with Crippen molar-refractivity contribution in [1.29, 1.82) is 0 Å². The van der Waals surface area contributed by atoms with Crippen LogP contribution in [0.2, 0.25) is 0 Å². The van der Waals surface area contributed by atoms with Crippen LogP contribution in [0.3, 0.4) is 0 Å². The molecule has 0 aliphatic heterocycles. The molecule has 4 aromatic rings. The summed E-state index contributed by atoms with van der Waals surface area (Å²) in [6, 6.07) is 15.4. The fraction of sp³-hybridized carbons (Fsp3) is 0.240. The number of amides is 1. The molecule has 4 rings (SSSR count). The number of benzene rings is 1. The summed E-state index contributed by atoms with van der Waals surface area (Å²) in [5.74, 6) is 0.520. The van der Waals surface area contributed by atoms with E-state index in [9.17, 15) is 4.79 Å². The Morgan fingerprint density at radius 3 is 2.75 bits per heavy atom. The largest absolute Gasteiger partial charge is 0.321 e. The molecule has 0 radical (unpaired) electrons. The van der Waals surface area contributed by atoms with Crippen molar-refractivity contribution in [3.8, 4) is 22.5 Å². The van der Waals surface area contributed by atoms with E-state index in [-0.39, 0.29) is 5.91 Å². The summed E-state index contributed by atoms with van der Waals surface area (Å²) in [6.45, 7) is 4.36. The molecule has 3 aromatic heterocycles. The minimum atomic E-state index is -0.273. The first-order valence-corrected chi connectivity index (χ1v) is 10.8. The highest BCUT2D eigenvalue weighted by molar-refractivity contribution is 6.03. The summed E-state index contributed by atoms with van der Waals surface area (Å²) in [7, 11) is 0. The summed E-state index contributed by atoms with van der Waals surface area (Å²) in [6.07, 6.45) is 10.3. The lowest BCUT2D eigenvalue weighted by atomic mass is 10.1. The van der Waals surface area contributed by atoms with E-state index < -0.39 is 0 Å². The maximum absolute atomic E-state index is 12.9. The van der Waals surface area contributed by atoms with E-state index in [1.807, 2.05) is 42.5 Å². The molecular weight excluding hydrogens is 400 g/mol. The quantitative estimate of drug-likeness (QED) is 0.407. The number of pyridine rings is 2. The number of carbonyl (C=O) groups excluding carboxylic acids is 1. The molecule has 0 saturated heterocycles. The molecule has 7 heteroatoms. The third-order valence-electron chi connectivity index (χ3n) is 5.39. The van der Waals surface area contributed by atoms with Gasteiger partial charge in [0.15, 0.2) is 5.82 Å². The van der Waals surface area contributed by atoms with Crippen molar-refractivity contribution < 1.29 is 4.79 Å². The van der Waals surface area contributed by atoms with Gasteiger partial charge in [0, 0.05) is 41.4 Å². The molecular formula is C25H26N6O. The van der Waals surface area contributed by atoms with E-state index in [0.29, 0.717) is 17.4 Å². The van der Waals surface area contributed by atoms with Gasteiger partial charge in [-0.1, -0.05) is 38.0 Å². The highest BCUT2D eigenvalue weighted by Gasteiger charge is 2.14. The van der Waals surface area contributed by atoms with Crippen LogP contribution in [0.25, 0.3) is 22.5 Å². The fourth-order valence-electron chi connectivity index (χ4n) is 3.61. The lowest BCUT2D eigenvalue weighted by Crippen LogP contribution is -2.13. The van der Waals surface area contributed by atoms with Gasteiger partial charge >= 0.3 is 0 Å². The van der Waals surface area contributed by atoms with Crippen molar-refractivity contribution in [3.63, 3.8) is 0 Å². The zero-order chi connectivity index (χ0) is 22.3. The van der Waals surface area contributed by atoms with Crippen molar-refractivity contribution in [2.75, 3.05) is 5.32 Å². The molecule has 7 nitrogen and oxygen atoms in total. The van der Waals surface area contributed by atoms with Crippen molar-refractivity contribution in [2.45, 2.75) is 39.2 Å².